The second-order valence-electron chi connectivity index (χ2n) is 5.07. The van der Waals surface area contributed by atoms with E-state index in [1.54, 1.807) is 18.2 Å². The lowest BCUT2D eigenvalue weighted by molar-refractivity contribution is 0.682. The highest BCUT2D eigenvalue weighted by Gasteiger charge is 2.08. The van der Waals surface area contributed by atoms with Crippen molar-refractivity contribution in [3.63, 3.8) is 0 Å². The lowest BCUT2D eigenvalue weighted by atomic mass is 10.1. The number of rotatable bonds is 4. The van der Waals surface area contributed by atoms with Crippen LogP contribution in [-0.2, 0) is 22.3 Å². The smallest absolute Gasteiger partial charge is 0.0509 e. The molecule has 2 rings (SSSR count). The Morgan fingerprint density at radius 3 is 2.35 bits per heavy atom. The molecule has 2 aromatic carbocycles. The molecule has 1 atom stereocenters. The van der Waals surface area contributed by atoms with Gasteiger partial charge in [0.05, 0.1) is 5.75 Å². The first-order valence-corrected chi connectivity index (χ1v) is 8.26. The summed E-state index contributed by atoms with van der Waals surface area (Å²) in [4.78, 5) is 0. The molecule has 0 aliphatic carbocycles. The molecule has 1 unspecified atom stereocenters. The first-order chi connectivity index (χ1) is 9.44. The van der Waals surface area contributed by atoms with Gasteiger partial charge in [-0.05, 0) is 43.2 Å². The van der Waals surface area contributed by atoms with E-state index in [0.717, 1.165) is 11.1 Å². The molecule has 0 heterocycles. The molecule has 2 N–H and O–H groups in total. The molecule has 0 aliphatic rings. The number of halogens is 1. The number of hydrogen-bond donors (Lipinski definition) is 1. The summed E-state index contributed by atoms with van der Waals surface area (Å²) in [5, 5.41) is 0.623. The summed E-state index contributed by atoms with van der Waals surface area (Å²) < 4.78 is 12.3. The van der Waals surface area contributed by atoms with Crippen LogP contribution >= 0.6 is 11.6 Å². The molecular formula is C16H18ClNOS. The number of nitrogens with two attached hydrogens (primary N) is 1. The second kappa shape index (κ2) is 6.42. The van der Waals surface area contributed by atoms with E-state index in [1.165, 1.54) is 11.1 Å². The fourth-order valence-corrected chi connectivity index (χ4v) is 3.69. The Labute approximate surface area is 127 Å². The van der Waals surface area contributed by atoms with Crippen LogP contribution in [-0.4, -0.2) is 4.21 Å². The molecule has 4 heteroatoms. The minimum Gasteiger partial charge on any atom is -0.398 e. The van der Waals surface area contributed by atoms with Gasteiger partial charge in [0, 0.05) is 27.3 Å². The van der Waals surface area contributed by atoms with Crippen molar-refractivity contribution in [1.82, 2.24) is 0 Å². The van der Waals surface area contributed by atoms with Gasteiger partial charge in [0.15, 0.2) is 0 Å². The van der Waals surface area contributed by atoms with Crippen molar-refractivity contribution in [1.29, 1.82) is 0 Å². The summed E-state index contributed by atoms with van der Waals surface area (Å²) in [6.45, 7) is 4.10. The van der Waals surface area contributed by atoms with E-state index in [0.29, 0.717) is 22.2 Å². The Morgan fingerprint density at radius 1 is 1.05 bits per heavy atom. The maximum atomic E-state index is 12.3. The van der Waals surface area contributed by atoms with Crippen molar-refractivity contribution < 1.29 is 4.21 Å². The van der Waals surface area contributed by atoms with Crippen LogP contribution in [0.2, 0.25) is 5.02 Å². The fraction of sp³-hybridized carbons (Fsp3) is 0.250. The number of nitrogen functional groups attached to an aromatic ring is 1. The minimum absolute atomic E-state index is 0.430. The first kappa shape index (κ1) is 15.1. The summed E-state index contributed by atoms with van der Waals surface area (Å²) >= 11 is 5.95. The zero-order valence-electron chi connectivity index (χ0n) is 11.7. The minimum atomic E-state index is -0.996. The third kappa shape index (κ3) is 4.09. The van der Waals surface area contributed by atoms with E-state index in [9.17, 15) is 4.21 Å². The van der Waals surface area contributed by atoms with Gasteiger partial charge in [-0.2, -0.15) is 0 Å². The maximum absolute atomic E-state index is 12.3. The van der Waals surface area contributed by atoms with Gasteiger partial charge >= 0.3 is 0 Å². The van der Waals surface area contributed by atoms with Gasteiger partial charge in [0.2, 0.25) is 0 Å². The molecule has 20 heavy (non-hydrogen) atoms. The van der Waals surface area contributed by atoms with Gasteiger partial charge in [-0.3, -0.25) is 4.21 Å². The van der Waals surface area contributed by atoms with Gasteiger partial charge < -0.3 is 5.73 Å². The van der Waals surface area contributed by atoms with Gasteiger partial charge in [-0.1, -0.05) is 40.9 Å². The lowest BCUT2D eigenvalue weighted by Gasteiger charge is -2.08. The molecule has 0 amide bonds. The molecule has 2 nitrogen and oxygen atoms in total. The maximum Gasteiger partial charge on any atom is 0.0509 e. The highest BCUT2D eigenvalue weighted by Crippen LogP contribution is 2.20. The predicted octanol–water partition coefficient (Wildman–Crippen LogP) is 3.99. The Kier molecular flexibility index (Phi) is 4.84. The molecule has 0 aromatic heterocycles. The number of hydrogen-bond acceptors (Lipinski definition) is 2. The molecule has 0 bridgehead atoms. The molecule has 0 saturated carbocycles. The van der Waals surface area contributed by atoms with E-state index in [-0.39, 0.29) is 0 Å². The van der Waals surface area contributed by atoms with Crippen LogP contribution in [0.15, 0.2) is 36.4 Å². The highest BCUT2D eigenvalue weighted by molar-refractivity contribution is 7.83. The highest BCUT2D eigenvalue weighted by atomic mass is 35.5. The van der Waals surface area contributed by atoms with E-state index >= 15 is 0 Å². The average Bonchev–Trinajstić information content (AvgIpc) is 2.32. The summed E-state index contributed by atoms with van der Waals surface area (Å²) in [5.41, 5.74) is 10.9. The summed E-state index contributed by atoms with van der Waals surface area (Å²) in [7, 11) is -0.996. The molecule has 106 valence electrons. The van der Waals surface area contributed by atoms with Crippen LogP contribution in [0.4, 0.5) is 5.69 Å². The normalized spacial score (nSPS) is 12.3. The van der Waals surface area contributed by atoms with Crippen molar-refractivity contribution in [2.45, 2.75) is 25.4 Å². The van der Waals surface area contributed by atoms with E-state index in [4.69, 9.17) is 17.3 Å². The fourth-order valence-electron chi connectivity index (χ4n) is 2.26. The Balaban J connectivity index is 2.11. The summed E-state index contributed by atoms with van der Waals surface area (Å²) in [6, 6.07) is 11.6. The lowest BCUT2D eigenvalue weighted by Crippen LogP contribution is -2.03. The number of benzene rings is 2. The SMILES string of the molecule is Cc1cc(C)cc(CS(=O)Cc2cc(Cl)ccc2N)c1. The van der Waals surface area contributed by atoms with Crippen LogP contribution in [0.25, 0.3) is 0 Å². The Morgan fingerprint density at radius 2 is 1.70 bits per heavy atom. The largest absolute Gasteiger partial charge is 0.398 e. The molecule has 2 aromatic rings. The van der Waals surface area contributed by atoms with Crippen LogP contribution in [0.5, 0.6) is 0 Å². The van der Waals surface area contributed by atoms with Crippen molar-refractivity contribution >= 4 is 28.1 Å². The zero-order chi connectivity index (χ0) is 14.7. The first-order valence-electron chi connectivity index (χ1n) is 6.40. The molecule has 0 saturated heterocycles. The van der Waals surface area contributed by atoms with E-state index < -0.39 is 10.8 Å². The van der Waals surface area contributed by atoms with Gasteiger partial charge in [0.1, 0.15) is 0 Å². The van der Waals surface area contributed by atoms with Crippen molar-refractivity contribution in [2.24, 2.45) is 0 Å². The third-order valence-corrected chi connectivity index (χ3v) is 4.55. The average molecular weight is 308 g/mol. The molecule has 0 radical (unpaired) electrons. The molecule has 0 aliphatic heterocycles. The van der Waals surface area contributed by atoms with E-state index in [2.05, 4.69) is 18.2 Å². The number of anilines is 1. The van der Waals surface area contributed by atoms with Gasteiger partial charge in [0.25, 0.3) is 0 Å². The van der Waals surface area contributed by atoms with Gasteiger partial charge in [-0.15, -0.1) is 0 Å². The number of aryl methyl sites for hydroxylation is 2. The van der Waals surface area contributed by atoms with Crippen LogP contribution in [0.3, 0.4) is 0 Å². The van der Waals surface area contributed by atoms with Gasteiger partial charge in [-0.25, -0.2) is 0 Å². The van der Waals surface area contributed by atoms with Crippen LogP contribution < -0.4 is 5.73 Å². The van der Waals surface area contributed by atoms with E-state index in [1.807, 2.05) is 13.8 Å². The predicted molar refractivity (Wildman–Crippen MR) is 87.3 cm³/mol. The topological polar surface area (TPSA) is 43.1 Å². The van der Waals surface area contributed by atoms with Crippen molar-refractivity contribution in [2.75, 3.05) is 5.73 Å². The van der Waals surface area contributed by atoms with Crippen molar-refractivity contribution in [3.05, 3.63) is 63.7 Å². The standard InChI is InChI=1S/C16H18ClNOS/c1-11-5-12(2)7-13(6-11)9-20(19)10-14-8-15(17)3-4-16(14)18/h3-8H,9-10,18H2,1-2H3. The molecular weight excluding hydrogens is 290 g/mol. The second-order valence-corrected chi connectivity index (χ2v) is 6.96. The molecule has 0 spiro atoms. The Bertz CT molecular complexity index is 635. The quantitative estimate of drug-likeness (QED) is 0.868. The van der Waals surface area contributed by atoms with Crippen LogP contribution in [0, 0.1) is 13.8 Å². The zero-order valence-corrected chi connectivity index (χ0v) is 13.2. The third-order valence-electron chi connectivity index (χ3n) is 3.03. The van der Waals surface area contributed by atoms with Crippen molar-refractivity contribution in [3.8, 4) is 0 Å². The van der Waals surface area contributed by atoms with Crippen LogP contribution in [0.1, 0.15) is 22.3 Å². The monoisotopic (exact) mass is 307 g/mol. The summed E-state index contributed by atoms with van der Waals surface area (Å²) in [5.74, 6) is 0.966. The molecule has 0 fully saturated rings. The Hall–Kier alpha value is -1.32. The summed E-state index contributed by atoms with van der Waals surface area (Å²) in [6.07, 6.45) is 0.